The van der Waals surface area contributed by atoms with Crippen LogP contribution in [0.15, 0.2) is 11.1 Å². The number of rotatable bonds is 4. The first-order chi connectivity index (χ1) is 22.9. The first kappa shape index (κ1) is 35.9. The molecule has 7 rings (SSSR count). The van der Waals surface area contributed by atoms with Crippen LogP contribution in [0.4, 0.5) is 0 Å². The standard InChI is InChI=1S/C38H58O11/c1-18-17-46-33(45)38-13-12-36(6)20(27(38)22(41)14-21(18)38)8-9-26-35(5)15-23(47-19(2)40)31(34(3,4)25(35)10-11-37(26,36)7)49-32-30(44)29(43)28(42)24(16-39)48-32/h18,21,23-26,28-33,39,42-45H,8-17H2,1-7H3. The number of hydrogen-bond donors (Lipinski definition) is 5. The second-order valence-corrected chi connectivity index (χ2v) is 18.2. The molecule has 11 heteroatoms. The highest BCUT2D eigenvalue weighted by atomic mass is 16.7. The predicted molar refractivity (Wildman–Crippen MR) is 175 cm³/mol. The maximum atomic E-state index is 14.0. The normalized spacial score (nSPS) is 53.5. The number of ether oxygens (including phenoxy) is 4. The zero-order chi connectivity index (χ0) is 35.6. The second-order valence-electron chi connectivity index (χ2n) is 18.2. The van der Waals surface area contributed by atoms with Gasteiger partial charge < -0.3 is 44.5 Å². The van der Waals surface area contributed by atoms with Crippen molar-refractivity contribution in [3.63, 3.8) is 0 Å². The molecule has 16 unspecified atom stereocenters. The van der Waals surface area contributed by atoms with E-state index in [1.807, 2.05) is 0 Å². The number of allylic oxidation sites excluding steroid dienone is 1. The molecule has 0 aromatic heterocycles. The van der Waals surface area contributed by atoms with Crippen molar-refractivity contribution in [3.8, 4) is 0 Å². The summed E-state index contributed by atoms with van der Waals surface area (Å²) >= 11 is 0. The molecular weight excluding hydrogens is 632 g/mol. The van der Waals surface area contributed by atoms with E-state index in [4.69, 9.17) is 18.9 Å². The van der Waals surface area contributed by atoms with Crippen LogP contribution in [0.25, 0.3) is 0 Å². The van der Waals surface area contributed by atoms with Crippen LogP contribution in [-0.2, 0) is 28.5 Å². The molecular formula is C38H58O11. The van der Waals surface area contributed by atoms with E-state index in [9.17, 15) is 35.1 Å². The van der Waals surface area contributed by atoms with E-state index in [0.29, 0.717) is 19.4 Å². The number of carbonyl (C=O) groups is 2. The van der Waals surface area contributed by atoms with Crippen molar-refractivity contribution in [2.45, 2.75) is 149 Å². The minimum absolute atomic E-state index is 0.0962. The largest absolute Gasteiger partial charge is 0.460 e. The third-order valence-corrected chi connectivity index (χ3v) is 15.8. The summed E-state index contributed by atoms with van der Waals surface area (Å²) in [4.78, 5) is 26.6. The fraction of sp³-hybridized carbons (Fsp3) is 0.895. The number of esters is 1. The number of carbonyl (C=O) groups excluding carboxylic acids is 2. The third-order valence-electron chi connectivity index (χ3n) is 15.8. The summed E-state index contributed by atoms with van der Waals surface area (Å²) in [5, 5.41) is 53.0. The summed E-state index contributed by atoms with van der Waals surface area (Å²) in [6.45, 7) is 14.8. The van der Waals surface area contributed by atoms with Crippen LogP contribution >= 0.6 is 0 Å². The first-order valence-corrected chi connectivity index (χ1v) is 18.6. The monoisotopic (exact) mass is 690 g/mol. The van der Waals surface area contributed by atoms with Crippen LogP contribution in [0, 0.1) is 50.7 Å². The third kappa shape index (κ3) is 4.75. The second kappa shape index (κ2) is 11.8. The maximum absolute atomic E-state index is 14.0. The van der Waals surface area contributed by atoms with Gasteiger partial charge in [-0.2, -0.15) is 0 Å². The van der Waals surface area contributed by atoms with Crippen LogP contribution in [-0.4, -0.2) is 99.7 Å². The average molecular weight is 691 g/mol. The number of Topliss-reactive ketones (excluding diaryl/α,β-unsaturated/α-hetero) is 1. The van der Waals surface area contributed by atoms with E-state index in [1.54, 1.807) is 0 Å². The Morgan fingerprint density at radius 3 is 2.35 bits per heavy atom. The Morgan fingerprint density at radius 2 is 1.67 bits per heavy atom. The highest BCUT2D eigenvalue weighted by Gasteiger charge is 2.72. The van der Waals surface area contributed by atoms with Gasteiger partial charge in [-0.1, -0.05) is 47.1 Å². The van der Waals surface area contributed by atoms with Crippen molar-refractivity contribution in [1.29, 1.82) is 0 Å². The van der Waals surface area contributed by atoms with Crippen molar-refractivity contribution in [2.75, 3.05) is 13.2 Å². The molecule has 49 heavy (non-hydrogen) atoms. The van der Waals surface area contributed by atoms with Gasteiger partial charge in [0, 0.05) is 18.9 Å². The molecule has 4 saturated carbocycles. The first-order valence-electron chi connectivity index (χ1n) is 18.6. The van der Waals surface area contributed by atoms with E-state index in [2.05, 4.69) is 41.5 Å². The lowest BCUT2D eigenvalue weighted by Crippen LogP contribution is -2.68. The molecule has 16 atom stereocenters. The van der Waals surface area contributed by atoms with Crippen molar-refractivity contribution in [1.82, 2.24) is 0 Å². The summed E-state index contributed by atoms with van der Waals surface area (Å²) in [6.07, 6.45) is -3.40. The zero-order valence-corrected chi connectivity index (χ0v) is 30.2. The molecule has 6 fully saturated rings. The molecule has 7 aliphatic rings. The minimum atomic E-state index is -1.58. The Hall–Kier alpha value is -1.44. The Morgan fingerprint density at radius 1 is 0.959 bits per heavy atom. The van der Waals surface area contributed by atoms with Gasteiger partial charge in [0.25, 0.3) is 0 Å². The summed E-state index contributed by atoms with van der Waals surface area (Å²) in [5.74, 6) is 0.425. The average Bonchev–Trinajstić information content (AvgIpc) is 3.35. The van der Waals surface area contributed by atoms with E-state index in [1.165, 1.54) is 12.5 Å². The molecule has 276 valence electrons. The van der Waals surface area contributed by atoms with Crippen LogP contribution in [0.3, 0.4) is 0 Å². The fourth-order valence-corrected chi connectivity index (χ4v) is 13.4. The molecule has 0 radical (unpaired) electrons. The van der Waals surface area contributed by atoms with Crippen LogP contribution in [0.1, 0.15) is 99.8 Å². The Kier molecular flexibility index (Phi) is 8.64. The molecule has 0 aromatic carbocycles. The maximum Gasteiger partial charge on any atom is 0.302 e. The Bertz CT molecular complexity index is 1390. The Balaban J connectivity index is 1.24. The van der Waals surface area contributed by atoms with Crippen molar-refractivity contribution >= 4 is 11.8 Å². The molecule has 11 nitrogen and oxygen atoms in total. The van der Waals surface area contributed by atoms with E-state index < -0.39 is 72.6 Å². The SMILES string of the molecule is CC(=O)OC1CC2(C)C(CCC3(C)C2CCC2=C4C(=O)CC5C(C)COC(O)C45CCC23C)C(C)(C)C1OC1OC(CO)C(O)C(O)C1O. The van der Waals surface area contributed by atoms with E-state index in [0.717, 1.165) is 44.1 Å². The number of aliphatic hydroxyl groups excluding tert-OH is 5. The van der Waals surface area contributed by atoms with Crippen molar-refractivity contribution in [3.05, 3.63) is 11.1 Å². The van der Waals surface area contributed by atoms with E-state index in [-0.39, 0.29) is 45.7 Å². The Labute approximate surface area is 289 Å². The fourth-order valence-electron chi connectivity index (χ4n) is 13.4. The molecule has 5 N–H and O–H groups in total. The molecule has 0 amide bonds. The molecule has 5 aliphatic carbocycles. The van der Waals surface area contributed by atoms with Gasteiger partial charge in [0.1, 0.15) is 36.6 Å². The van der Waals surface area contributed by atoms with Gasteiger partial charge in [0.05, 0.1) is 18.6 Å². The number of fused-ring (bicyclic) bond motifs is 5. The molecule has 0 bridgehead atoms. The van der Waals surface area contributed by atoms with Crippen molar-refractivity contribution in [2.24, 2.45) is 50.7 Å². The van der Waals surface area contributed by atoms with E-state index >= 15 is 0 Å². The van der Waals surface area contributed by atoms with Crippen molar-refractivity contribution < 1.29 is 54.1 Å². The topological polar surface area (TPSA) is 172 Å². The smallest absolute Gasteiger partial charge is 0.302 e. The van der Waals surface area contributed by atoms with Gasteiger partial charge in [-0.3, -0.25) is 9.59 Å². The summed E-state index contributed by atoms with van der Waals surface area (Å²) in [6, 6.07) is 0. The minimum Gasteiger partial charge on any atom is -0.460 e. The number of ketones is 1. The molecule has 0 aromatic rings. The van der Waals surface area contributed by atoms with Gasteiger partial charge in [-0.15, -0.1) is 0 Å². The number of hydrogen-bond acceptors (Lipinski definition) is 11. The molecule has 2 saturated heterocycles. The highest BCUT2D eigenvalue weighted by Crippen LogP contribution is 2.76. The van der Waals surface area contributed by atoms with Gasteiger partial charge in [0.15, 0.2) is 18.4 Å². The summed E-state index contributed by atoms with van der Waals surface area (Å²) < 4.78 is 24.3. The molecule has 1 spiro atoms. The lowest BCUT2D eigenvalue weighted by molar-refractivity contribution is -0.342. The summed E-state index contributed by atoms with van der Waals surface area (Å²) in [5.41, 5.74) is 0.219. The lowest BCUT2D eigenvalue weighted by Gasteiger charge is -2.71. The van der Waals surface area contributed by atoms with Gasteiger partial charge in [-0.05, 0) is 90.3 Å². The van der Waals surface area contributed by atoms with Gasteiger partial charge >= 0.3 is 5.97 Å². The van der Waals surface area contributed by atoms with Gasteiger partial charge in [0.2, 0.25) is 0 Å². The van der Waals surface area contributed by atoms with Crippen LogP contribution < -0.4 is 0 Å². The molecule has 2 aliphatic heterocycles. The van der Waals surface area contributed by atoms with Crippen LogP contribution in [0.2, 0.25) is 0 Å². The predicted octanol–water partition coefficient (Wildman–Crippen LogP) is 3.02. The highest BCUT2D eigenvalue weighted by molar-refractivity contribution is 6.01. The number of aliphatic hydroxyl groups is 5. The zero-order valence-electron chi connectivity index (χ0n) is 30.2. The summed E-state index contributed by atoms with van der Waals surface area (Å²) in [7, 11) is 0. The quantitative estimate of drug-likeness (QED) is 0.217. The molecule has 2 heterocycles. The lowest BCUT2D eigenvalue weighted by atomic mass is 9.34. The van der Waals surface area contributed by atoms with Crippen LogP contribution in [0.5, 0.6) is 0 Å². The van der Waals surface area contributed by atoms with Gasteiger partial charge in [-0.25, -0.2) is 0 Å².